The van der Waals surface area contributed by atoms with Crippen LogP contribution in [0.4, 0.5) is 52.5 Å². The van der Waals surface area contributed by atoms with Crippen molar-refractivity contribution in [2.24, 2.45) is 0 Å². The number of hydrogen-bond acceptors (Lipinski definition) is 31. The third-order valence-electron chi connectivity index (χ3n) is 20.1. The maximum Gasteiger partial charge on any atom is 0.388 e. The van der Waals surface area contributed by atoms with Crippen LogP contribution in [-0.4, -0.2) is 215 Å². The van der Waals surface area contributed by atoms with Gasteiger partial charge in [-0.15, -0.1) is 15.3 Å². The van der Waals surface area contributed by atoms with Crippen LogP contribution in [0, 0.1) is 30.3 Å². The van der Waals surface area contributed by atoms with Gasteiger partial charge in [0.25, 0.3) is 6.33 Å². The number of nitrogens with zero attached hydrogens (tertiary/aromatic N) is 33. The lowest BCUT2D eigenvalue weighted by atomic mass is 10.2. The summed E-state index contributed by atoms with van der Waals surface area (Å²) in [5.74, 6) is 6.91. The maximum atomic E-state index is 10.5. The molecule has 7 fully saturated rings. The Morgan fingerprint density at radius 1 is 0.457 bits per heavy atom. The molecule has 127 heavy (non-hydrogen) atoms. The number of anilines is 7. The van der Waals surface area contributed by atoms with Crippen LogP contribution in [-0.2, 0) is 0 Å². The maximum absolute atomic E-state index is 10.5. The Bertz CT molecular complexity index is 6210. The van der Waals surface area contributed by atoms with Crippen molar-refractivity contribution >= 4 is 104 Å². The number of hydrogen-bond donors (Lipinski definition) is 8. The van der Waals surface area contributed by atoms with E-state index in [1.54, 1.807) is 57.6 Å². The third-order valence-corrected chi connectivity index (χ3v) is 20.7. The van der Waals surface area contributed by atoms with Crippen LogP contribution in [0.15, 0.2) is 180 Å². The van der Waals surface area contributed by atoms with E-state index >= 15 is 0 Å². The Morgan fingerprint density at radius 3 is 1.28 bits per heavy atom. The number of halogens is 3. The highest BCUT2D eigenvalue weighted by molar-refractivity contribution is 6.34. The fraction of sp³-hybridized carbons (Fsp3) is 0.377. The molecular formula is C77H99Cl3N38O9. The Morgan fingerprint density at radius 2 is 0.866 bits per heavy atom. The zero-order valence-corrected chi connectivity index (χ0v) is 68.6. The van der Waals surface area contributed by atoms with Crippen LogP contribution in [0.2, 0.25) is 15.7 Å². The van der Waals surface area contributed by atoms with Crippen LogP contribution in [0.25, 0.3) is 39.8 Å². The number of nitro groups is 3. The standard InChI is InChI=1S/C20H23N9O.C15H13ClN8.C9H9N5O2.C9H11N5.C6H3Cl2N3.C6H9N3.C5H11NO.C3H2N4O4.CH4O.3CH4.H2/c30-11-15-3-1-7-28(15)20-24-19(16-4-2-8-29(16)25-20)23-17-9-27(12-21-17)18-10-26(13-22-18)14-5-6-14;16-15-20-14(11-2-1-5-24(11)21-15)19-12-6-23(8-17-12)13-7-22(9-18-13)10-3-4-10;15-14(16)9-4-13(6-11-9)8-3-12(5-10-8)7-1-2-7;10-8-3-14(5-11-8)9-4-13(6-12-9)7-1-2-7;7-5-4-2-1-3-11(4)10-6(8)9-5;7-6-3-9(4-8-6)5-1-2-5;7-4-5-2-1-3-6-5;8-6(9)3-1-5(2-4-3)7(10)11;1-2;;;;/h2,4,8-10,12-15,30H,1,3,5-7,11H2,(H,23,24,25);1-2,5-10H,3-4H2,(H,19,20,21);3-7H,1-2H2;3-7H,1-2,10H2;1-3H;3-5H,1-2,7H2;5-7H,1-4H2;1-2H;2H,1H3;3*1H4;1H/t15-;;;;;;5-;;;;;;/m0.....0....../s1. The van der Waals surface area contributed by atoms with Crippen LogP contribution in [0.1, 0.15) is 144 Å². The van der Waals surface area contributed by atoms with Gasteiger partial charge in [0.2, 0.25) is 22.8 Å². The average molecular weight is 1810 g/mol. The second kappa shape index (κ2) is 42.0. The summed E-state index contributed by atoms with van der Waals surface area (Å²) in [7, 11) is 1.00. The van der Waals surface area contributed by atoms with Gasteiger partial charge in [0.1, 0.15) is 65.0 Å². The molecule has 672 valence electrons. The second-order valence-corrected chi connectivity index (χ2v) is 30.3. The number of aromatic nitrogens is 29. The second-order valence-electron chi connectivity index (χ2n) is 29.2. The SMILES string of the molecule is C.C.C.CO.Clc1nc(Cl)c2cccn2n1.Clc1nc(Nc2cn(-c3cn(C4CC4)cn3)cn2)c2cccn2n1.Nc1cn(-c2cn(C3CC3)cn2)cn1.Nc1cn(C2CC2)cn1.O=[N+]([O-])c1cn(-c2cn(C3CC3)cn2)cn1.O=[N+]([O-])c1cn([N+](=O)[O-])cn1.OC[C@@H]1CCCN1.OC[C@@H]1CCCN1c1nc(Nc2cn(-c3cn(C4CC4)cn3)cn2)c2cccn2n1.[HH]. The van der Waals surface area contributed by atoms with E-state index in [2.05, 4.69) is 120 Å². The number of nitrogen functional groups attached to an aromatic ring is 2. The van der Waals surface area contributed by atoms with E-state index in [9.17, 15) is 35.4 Å². The molecule has 7 aliphatic rings. The minimum absolute atomic E-state index is 0. The van der Waals surface area contributed by atoms with E-state index in [0.29, 0.717) is 99.4 Å². The van der Waals surface area contributed by atoms with Crippen molar-refractivity contribution in [1.82, 2.24) is 145 Å². The fourth-order valence-corrected chi connectivity index (χ4v) is 13.6. The van der Waals surface area contributed by atoms with E-state index in [4.69, 9.17) is 61.5 Å². The van der Waals surface area contributed by atoms with Crippen molar-refractivity contribution in [2.45, 2.75) is 154 Å². The summed E-state index contributed by atoms with van der Waals surface area (Å²) in [6.45, 7) is 2.34. The van der Waals surface area contributed by atoms with Gasteiger partial charge < -0.3 is 90.7 Å². The van der Waals surface area contributed by atoms with E-state index in [1.807, 2.05) is 128 Å². The van der Waals surface area contributed by atoms with Gasteiger partial charge >= 0.3 is 11.6 Å². The largest absolute Gasteiger partial charge is 0.400 e. The highest BCUT2D eigenvalue weighted by Crippen LogP contribution is 2.39. The van der Waals surface area contributed by atoms with Gasteiger partial charge in [-0.25, -0.2) is 68.5 Å². The van der Waals surface area contributed by atoms with Gasteiger partial charge in [-0.3, -0.25) is 18.3 Å². The molecule has 47 nitrogen and oxygen atoms in total. The molecule has 0 spiro atoms. The molecule has 5 aliphatic carbocycles. The van der Waals surface area contributed by atoms with Crippen LogP contribution in [0.5, 0.6) is 0 Å². The van der Waals surface area contributed by atoms with Gasteiger partial charge in [0.05, 0.1) is 69.5 Å². The molecular weight excluding hydrogens is 1710 g/mol. The van der Waals surface area contributed by atoms with Crippen molar-refractivity contribution in [3.63, 3.8) is 0 Å². The molecule has 23 rings (SSSR count). The average Bonchev–Trinajstić information content (AvgIpc) is 1.50. The summed E-state index contributed by atoms with van der Waals surface area (Å²) in [4.78, 5) is 84.9. The highest BCUT2D eigenvalue weighted by Gasteiger charge is 2.30. The minimum Gasteiger partial charge on any atom is -0.400 e. The summed E-state index contributed by atoms with van der Waals surface area (Å²) in [5, 5.41) is 77.7. The predicted molar refractivity (Wildman–Crippen MR) is 474 cm³/mol. The lowest BCUT2D eigenvalue weighted by molar-refractivity contribution is -0.542. The van der Waals surface area contributed by atoms with Gasteiger partial charge in [0, 0.05) is 101 Å². The molecule has 2 aliphatic heterocycles. The first-order chi connectivity index (χ1) is 60.3. The number of nitrogens with two attached hydrogens (primary N) is 2. The number of aliphatic hydroxyl groups excluding tert-OH is 3. The van der Waals surface area contributed by atoms with E-state index in [-0.39, 0.29) is 52.7 Å². The predicted octanol–water partition coefficient (Wildman–Crippen LogP) is 11.5. The van der Waals surface area contributed by atoms with Crippen molar-refractivity contribution in [2.75, 3.05) is 60.4 Å². The third kappa shape index (κ3) is 23.9. The molecule has 18 heterocycles. The summed E-state index contributed by atoms with van der Waals surface area (Å²) >= 11 is 17.3. The van der Waals surface area contributed by atoms with E-state index in [0.717, 1.165) is 86.0 Å². The number of aliphatic hydroxyl groups is 3. The number of rotatable bonds is 19. The van der Waals surface area contributed by atoms with Gasteiger partial charge in [-0.2, -0.15) is 9.97 Å². The van der Waals surface area contributed by atoms with E-state index in [1.165, 1.54) is 83.2 Å². The molecule has 16 aromatic heterocycles. The Hall–Kier alpha value is -14.1. The molecule has 0 unspecified atom stereocenters. The smallest absolute Gasteiger partial charge is 0.388 e. The molecule has 10 N–H and O–H groups in total. The molecule has 2 saturated heterocycles. The van der Waals surface area contributed by atoms with Gasteiger partial charge in [-0.05, 0) is 181 Å². The molecule has 16 aromatic rings. The molecule has 0 radical (unpaired) electrons. The number of imidazole rings is 10. The summed E-state index contributed by atoms with van der Waals surface area (Å²) in [6, 6.07) is 14.9. The quantitative estimate of drug-likeness (QED) is 0.0275. The molecule has 2 atom stereocenters. The van der Waals surface area contributed by atoms with Crippen molar-refractivity contribution in [3.8, 4) is 23.3 Å². The first kappa shape index (κ1) is 92.1. The van der Waals surface area contributed by atoms with Gasteiger partial charge in [-0.1, -0.05) is 33.9 Å². The highest BCUT2D eigenvalue weighted by atomic mass is 35.5. The van der Waals surface area contributed by atoms with Crippen molar-refractivity contribution in [1.29, 1.82) is 0 Å². The lowest BCUT2D eigenvalue weighted by Gasteiger charge is -2.23. The Kier molecular flexibility index (Phi) is 30.5. The summed E-state index contributed by atoms with van der Waals surface area (Å²) in [5.41, 5.74) is 13.4. The molecule has 50 heteroatoms. The molecule has 5 saturated carbocycles. The van der Waals surface area contributed by atoms with Crippen LogP contribution >= 0.6 is 34.8 Å². The lowest BCUT2D eigenvalue weighted by Crippen LogP contribution is -2.34. The number of fused-ring (bicyclic) bond motifs is 3. The first-order valence-corrected chi connectivity index (χ1v) is 40.5. The first-order valence-electron chi connectivity index (χ1n) is 39.4. The molecule has 0 aromatic carbocycles. The Balaban J connectivity index is 0.000000146. The summed E-state index contributed by atoms with van der Waals surface area (Å²) < 4.78 is 23.2. The van der Waals surface area contributed by atoms with Crippen molar-refractivity contribution < 1.29 is 31.6 Å². The van der Waals surface area contributed by atoms with Crippen LogP contribution in [0.3, 0.4) is 0 Å². The van der Waals surface area contributed by atoms with Crippen LogP contribution < -0.4 is 32.3 Å². The minimum atomic E-state index is -0.819. The normalized spacial score (nSPS) is 15.7. The zero-order chi connectivity index (χ0) is 86.5. The molecule has 0 amide bonds. The Labute approximate surface area is 740 Å². The van der Waals surface area contributed by atoms with E-state index < -0.39 is 20.7 Å². The summed E-state index contributed by atoms with van der Waals surface area (Å²) in [6.07, 6.45) is 56.2. The van der Waals surface area contributed by atoms with Crippen molar-refractivity contribution in [3.05, 3.63) is 226 Å². The number of nitrogens with one attached hydrogen (secondary N) is 3. The van der Waals surface area contributed by atoms with Gasteiger partial charge in [0.15, 0.2) is 51.3 Å². The zero-order valence-electron chi connectivity index (χ0n) is 66.4. The fourth-order valence-electron chi connectivity index (χ4n) is 13.0. The monoisotopic (exact) mass is 1800 g/mol. The molecule has 0 bridgehead atoms. The topological polar surface area (TPSA) is 550 Å².